The monoisotopic (exact) mass is 188 g/mol. The first-order valence-corrected chi connectivity index (χ1v) is 3.54. The predicted molar refractivity (Wildman–Crippen MR) is 51.7 cm³/mol. The number of aryl methyl sites for hydroxylation is 2. The molecule has 0 aromatic carbocycles. The van der Waals surface area contributed by atoms with Crippen LogP contribution in [-0.2, 0) is 6.54 Å². The lowest BCUT2D eigenvalue weighted by Crippen LogP contribution is -2.18. The molecule has 0 amide bonds. The van der Waals surface area contributed by atoms with Gasteiger partial charge in [-0.05, 0) is 25.5 Å². The first kappa shape index (κ1) is 11.2. The quantitative estimate of drug-likeness (QED) is 0.687. The SMILES string of the molecule is Cc1cc(C)c(CN)c(=O)[nH]1.Cl. The molecular formula is C8H13ClN2O. The molecule has 0 aliphatic carbocycles. The molecule has 0 bridgehead atoms. The molecule has 0 atom stereocenters. The highest BCUT2D eigenvalue weighted by atomic mass is 35.5. The summed E-state index contributed by atoms with van der Waals surface area (Å²) in [7, 11) is 0. The van der Waals surface area contributed by atoms with Crippen LogP contribution in [0.5, 0.6) is 0 Å². The van der Waals surface area contributed by atoms with E-state index in [1.165, 1.54) is 0 Å². The van der Waals surface area contributed by atoms with E-state index in [0.717, 1.165) is 11.3 Å². The Hall–Kier alpha value is -0.800. The lowest BCUT2D eigenvalue weighted by molar-refractivity contribution is 0.975. The molecule has 0 aliphatic heterocycles. The van der Waals surface area contributed by atoms with Gasteiger partial charge in [0.15, 0.2) is 0 Å². The Kier molecular flexibility index (Phi) is 4.00. The van der Waals surface area contributed by atoms with Crippen LogP contribution in [0.25, 0.3) is 0 Å². The van der Waals surface area contributed by atoms with Gasteiger partial charge in [0.05, 0.1) is 0 Å². The van der Waals surface area contributed by atoms with E-state index < -0.39 is 0 Å². The van der Waals surface area contributed by atoms with Gasteiger partial charge in [-0.25, -0.2) is 0 Å². The zero-order valence-electron chi connectivity index (χ0n) is 7.18. The Morgan fingerprint density at radius 2 is 2.08 bits per heavy atom. The molecular weight excluding hydrogens is 176 g/mol. The summed E-state index contributed by atoms with van der Waals surface area (Å²) in [5, 5.41) is 0. The van der Waals surface area contributed by atoms with E-state index in [0.29, 0.717) is 12.1 Å². The average molecular weight is 189 g/mol. The van der Waals surface area contributed by atoms with Crippen LogP contribution in [0.3, 0.4) is 0 Å². The highest BCUT2D eigenvalue weighted by Crippen LogP contribution is 2.01. The lowest BCUT2D eigenvalue weighted by atomic mass is 10.1. The maximum Gasteiger partial charge on any atom is 0.252 e. The Bertz CT molecular complexity index is 319. The standard InChI is InChI=1S/C8H12N2O.ClH/c1-5-3-6(2)10-8(11)7(5)4-9;/h3H,4,9H2,1-2H3,(H,10,11);1H. The topological polar surface area (TPSA) is 58.9 Å². The summed E-state index contributed by atoms with van der Waals surface area (Å²) in [5.74, 6) is 0. The third kappa shape index (κ3) is 2.09. The van der Waals surface area contributed by atoms with Crippen LogP contribution in [0.4, 0.5) is 0 Å². The molecule has 12 heavy (non-hydrogen) atoms. The fourth-order valence-electron chi connectivity index (χ4n) is 1.14. The first-order chi connectivity index (χ1) is 5.15. The molecule has 0 fully saturated rings. The van der Waals surface area contributed by atoms with Crippen molar-refractivity contribution >= 4 is 12.4 Å². The molecule has 3 nitrogen and oxygen atoms in total. The fourth-order valence-corrected chi connectivity index (χ4v) is 1.14. The number of hydrogen-bond acceptors (Lipinski definition) is 2. The molecule has 0 saturated heterocycles. The second kappa shape index (κ2) is 4.28. The molecule has 0 radical (unpaired) electrons. The second-order valence-corrected chi connectivity index (χ2v) is 2.65. The molecule has 0 aliphatic rings. The highest BCUT2D eigenvalue weighted by molar-refractivity contribution is 5.85. The van der Waals surface area contributed by atoms with E-state index in [2.05, 4.69) is 4.98 Å². The Morgan fingerprint density at radius 1 is 1.50 bits per heavy atom. The van der Waals surface area contributed by atoms with Crippen LogP contribution < -0.4 is 11.3 Å². The molecule has 68 valence electrons. The summed E-state index contributed by atoms with van der Waals surface area (Å²) in [5.41, 5.74) is 7.84. The van der Waals surface area contributed by atoms with E-state index in [-0.39, 0.29) is 18.0 Å². The van der Waals surface area contributed by atoms with Gasteiger partial charge in [0.1, 0.15) is 0 Å². The van der Waals surface area contributed by atoms with Crippen LogP contribution in [-0.4, -0.2) is 4.98 Å². The number of H-pyrrole nitrogens is 1. The zero-order chi connectivity index (χ0) is 8.43. The van der Waals surface area contributed by atoms with Crippen molar-refractivity contribution < 1.29 is 0 Å². The first-order valence-electron chi connectivity index (χ1n) is 3.54. The van der Waals surface area contributed by atoms with Crippen molar-refractivity contribution in [3.63, 3.8) is 0 Å². The molecule has 1 aromatic heterocycles. The number of aromatic nitrogens is 1. The van der Waals surface area contributed by atoms with Crippen molar-refractivity contribution in [1.29, 1.82) is 0 Å². The predicted octanol–water partition coefficient (Wildman–Crippen LogP) is 0.872. The van der Waals surface area contributed by atoms with Gasteiger partial charge in [0, 0.05) is 17.8 Å². The van der Waals surface area contributed by atoms with Crippen molar-refractivity contribution in [2.75, 3.05) is 0 Å². The summed E-state index contributed by atoms with van der Waals surface area (Å²) in [6.45, 7) is 4.06. The van der Waals surface area contributed by atoms with Crippen LogP contribution in [0.15, 0.2) is 10.9 Å². The summed E-state index contributed by atoms with van der Waals surface area (Å²) in [6.07, 6.45) is 0. The normalized spacial score (nSPS) is 9.25. The van der Waals surface area contributed by atoms with Gasteiger partial charge in [0.25, 0.3) is 5.56 Å². The minimum absolute atomic E-state index is 0. The van der Waals surface area contributed by atoms with Crippen LogP contribution in [0.2, 0.25) is 0 Å². The molecule has 0 saturated carbocycles. The van der Waals surface area contributed by atoms with E-state index in [1.54, 1.807) is 0 Å². The number of hydrogen-bond donors (Lipinski definition) is 2. The second-order valence-electron chi connectivity index (χ2n) is 2.65. The molecule has 1 aromatic rings. The Labute approximate surface area is 77.4 Å². The Balaban J connectivity index is 0.00000121. The summed E-state index contributed by atoms with van der Waals surface area (Å²) >= 11 is 0. The van der Waals surface area contributed by atoms with Crippen molar-refractivity contribution in [2.24, 2.45) is 5.73 Å². The maximum atomic E-state index is 11.2. The van der Waals surface area contributed by atoms with Crippen molar-refractivity contribution in [1.82, 2.24) is 4.98 Å². The summed E-state index contributed by atoms with van der Waals surface area (Å²) < 4.78 is 0. The van der Waals surface area contributed by atoms with E-state index in [4.69, 9.17) is 5.73 Å². The van der Waals surface area contributed by atoms with Gasteiger partial charge in [-0.1, -0.05) is 0 Å². The molecule has 4 heteroatoms. The fraction of sp³-hybridized carbons (Fsp3) is 0.375. The van der Waals surface area contributed by atoms with Gasteiger partial charge in [0.2, 0.25) is 0 Å². The highest BCUT2D eigenvalue weighted by Gasteiger charge is 2.00. The van der Waals surface area contributed by atoms with E-state index in [1.807, 2.05) is 19.9 Å². The summed E-state index contributed by atoms with van der Waals surface area (Å²) in [6, 6.07) is 1.92. The van der Waals surface area contributed by atoms with Crippen LogP contribution >= 0.6 is 12.4 Å². The Morgan fingerprint density at radius 3 is 2.50 bits per heavy atom. The lowest BCUT2D eigenvalue weighted by Gasteiger charge is -2.01. The molecule has 1 rings (SSSR count). The van der Waals surface area contributed by atoms with Gasteiger partial charge in [-0.15, -0.1) is 12.4 Å². The number of halogens is 1. The van der Waals surface area contributed by atoms with Gasteiger partial charge in [-0.2, -0.15) is 0 Å². The summed E-state index contributed by atoms with van der Waals surface area (Å²) in [4.78, 5) is 13.9. The van der Waals surface area contributed by atoms with E-state index >= 15 is 0 Å². The number of nitrogens with two attached hydrogens (primary N) is 1. The minimum atomic E-state index is -0.0648. The minimum Gasteiger partial charge on any atom is -0.326 e. The van der Waals surface area contributed by atoms with Crippen LogP contribution in [0.1, 0.15) is 16.8 Å². The van der Waals surface area contributed by atoms with Gasteiger partial charge < -0.3 is 10.7 Å². The number of pyridine rings is 1. The van der Waals surface area contributed by atoms with Gasteiger partial charge in [-0.3, -0.25) is 4.79 Å². The number of nitrogens with one attached hydrogen (secondary N) is 1. The number of aromatic amines is 1. The zero-order valence-corrected chi connectivity index (χ0v) is 7.99. The van der Waals surface area contributed by atoms with Crippen molar-refractivity contribution in [3.8, 4) is 0 Å². The molecule has 3 N–H and O–H groups in total. The maximum absolute atomic E-state index is 11.2. The van der Waals surface area contributed by atoms with Crippen molar-refractivity contribution in [3.05, 3.63) is 33.2 Å². The van der Waals surface area contributed by atoms with E-state index in [9.17, 15) is 4.79 Å². The van der Waals surface area contributed by atoms with Crippen LogP contribution in [0, 0.1) is 13.8 Å². The molecule has 0 unspecified atom stereocenters. The van der Waals surface area contributed by atoms with Gasteiger partial charge >= 0.3 is 0 Å². The average Bonchev–Trinajstić information content (AvgIpc) is 1.85. The largest absolute Gasteiger partial charge is 0.326 e. The molecule has 0 spiro atoms. The third-order valence-corrected chi connectivity index (χ3v) is 1.70. The third-order valence-electron chi connectivity index (χ3n) is 1.70. The molecule has 1 heterocycles. The number of rotatable bonds is 1. The smallest absolute Gasteiger partial charge is 0.252 e. The van der Waals surface area contributed by atoms with Crippen molar-refractivity contribution in [2.45, 2.75) is 20.4 Å².